The van der Waals surface area contributed by atoms with Gasteiger partial charge in [-0.3, -0.25) is 4.79 Å². The van der Waals surface area contributed by atoms with Crippen LogP contribution in [0.2, 0.25) is 0 Å². The molecule has 0 radical (unpaired) electrons. The van der Waals surface area contributed by atoms with Gasteiger partial charge in [-0.2, -0.15) is 0 Å². The predicted octanol–water partition coefficient (Wildman–Crippen LogP) is 4.08. The summed E-state index contributed by atoms with van der Waals surface area (Å²) < 4.78 is 0. The number of likely N-dealkylation sites (tertiary alicyclic amines) is 1. The van der Waals surface area contributed by atoms with Crippen molar-refractivity contribution < 1.29 is 4.79 Å². The van der Waals surface area contributed by atoms with E-state index in [-0.39, 0.29) is 11.3 Å². The van der Waals surface area contributed by atoms with Crippen LogP contribution in [0.15, 0.2) is 24.3 Å². The maximum absolute atomic E-state index is 12.2. The van der Waals surface area contributed by atoms with Crippen molar-refractivity contribution in [2.45, 2.75) is 52.9 Å². The summed E-state index contributed by atoms with van der Waals surface area (Å²) in [6.07, 6.45) is 2.36. The molecule has 1 aliphatic rings. The van der Waals surface area contributed by atoms with Crippen molar-refractivity contribution in [3.05, 3.63) is 35.4 Å². The number of nitrogens with one attached hydrogen (secondary N) is 1. The Morgan fingerprint density at radius 1 is 1.12 bits per heavy atom. The van der Waals surface area contributed by atoms with E-state index in [1.165, 1.54) is 25.1 Å². The lowest BCUT2D eigenvalue weighted by molar-refractivity contribution is 0.0947. The third-order valence-electron chi connectivity index (χ3n) is 4.89. The minimum Gasteiger partial charge on any atom is -0.352 e. The molecule has 1 saturated heterocycles. The van der Waals surface area contributed by atoms with Gasteiger partial charge in [-0.15, -0.1) is 0 Å². The Morgan fingerprint density at radius 3 is 2.25 bits per heavy atom. The lowest BCUT2D eigenvalue weighted by Crippen LogP contribution is -2.40. The van der Waals surface area contributed by atoms with Gasteiger partial charge in [0, 0.05) is 25.2 Å². The summed E-state index contributed by atoms with van der Waals surface area (Å²) in [6, 6.07) is 7.99. The number of hydrogen-bond donors (Lipinski definition) is 1. The number of nitrogens with zero attached hydrogens (tertiary/aromatic N) is 1. The van der Waals surface area contributed by atoms with Gasteiger partial charge in [-0.05, 0) is 54.3 Å². The molecule has 134 valence electrons. The highest BCUT2D eigenvalue weighted by atomic mass is 16.1. The van der Waals surface area contributed by atoms with Crippen molar-refractivity contribution in [2.24, 2.45) is 11.8 Å². The van der Waals surface area contributed by atoms with Gasteiger partial charge in [-0.25, -0.2) is 0 Å². The highest BCUT2D eigenvalue weighted by Crippen LogP contribution is 2.22. The molecule has 0 aromatic heterocycles. The fourth-order valence-electron chi connectivity index (χ4n) is 3.70. The number of benzene rings is 1. The molecule has 3 heteroatoms. The average molecular weight is 331 g/mol. The summed E-state index contributed by atoms with van der Waals surface area (Å²) in [5.74, 6) is 1.63. The maximum Gasteiger partial charge on any atom is 0.251 e. The van der Waals surface area contributed by atoms with Crippen molar-refractivity contribution in [2.75, 3.05) is 26.2 Å². The molecule has 0 spiro atoms. The van der Waals surface area contributed by atoms with E-state index in [1.54, 1.807) is 0 Å². The van der Waals surface area contributed by atoms with E-state index in [0.29, 0.717) is 0 Å². The van der Waals surface area contributed by atoms with Gasteiger partial charge in [0.2, 0.25) is 0 Å². The van der Waals surface area contributed by atoms with Gasteiger partial charge in [-0.1, -0.05) is 46.8 Å². The second kappa shape index (κ2) is 8.15. The van der Waals surface area contributed by atoms with Crippen LogP contribution in [-0.4, -0.2) is 37.0 Å². The fraction of sp³-hybridized carbons (Fsp3) is 0.667. The molecule has 0 saturated carbocycles. The minimum atomic E-state index is 0.0378. The summed E-state index contributed by atoms with van der Waals surface area (Å²) in [5, 5.41) is 3.05. The van der Waals surface area contributed by atoms with E-state index in [2.05, 4.69) is 57.0 Å². The molecular weight excluding hydrogens is 296 g/mol. The van der Waals surface area contributed by atoms with Gasteiger partial charge in [0.25, 0.3) is 5.91 Å². The standard InChI is InChI=1S/C21H34N2O/c1-16-13-17(2)15-23(14-16)12-6-11-22-20(24)18-7-9-19(10-8-18)21(3,4)5/h7-10,16-17H,6,11-15H2,1-5H3,(H,22,24)/t16-,17-/m0/s1. The topological polar surface area (TPSA) is 32.3 Å². The molecule has 1 N–H and O–H groups in total. The van der Waals surface area contributed by atoms with Crippen LogP contribution in [0.3, 0.4) is 0 Å². The first-order valence-corrected chi connectivity index (χ1v) is 9.37. The van der Waals surface area contributed by atoms with Crippen LogP contribution in [-0.2, 0) is 5.41 Å². The molecule has 1 fully saturated rings. The zero-order valence-corrected chi connectivity index (χ0v) is 16.1. The van der Waals surface area contributed by atoms with Crippen molar-refractivity contribution in [1.82, 2.24) is 10.2 Å². The Hall–Kier alpha value is -1.35. The van der Waals surface area contributed by atoms with Gasteiger partial charge in [0.1, 0.15) is 0 Å². The van der Waals surface area contributed by atoms with Crippen molar-refractivity contribution in [3.8, 4) is 0 Å². The van der Waals surface area contributed by atoms with Crippen LogP contribution in [0.5, 0.6) is 0 Å². The SMILES string of the molecule is C[C@H]1C[C@H](C)CN(CCCNC(=O)c2ccc(C(C)(C)C)cc2)C1. The van der Waals surface area contributed by atoms with Gasteiger partial charge < -0.3 is 10.2 Å². The third kappa shape index (κ3) is 5.62. The lowest BCUT2D eigenvalue weighted by Gasteiger charge is -2.34. The first-order valence-electron chi connectivity index (χ1n) is 9.37. The summed E-state index contributed by atoms with van der Waals surface area (Å²) in [4.78, 5) is 14.8. The number of carbonyl (C=O) groups is 1. The molecule has 0 unspecified atom stereocenters. The van der Waals surface area contributed by atoms with E-state index < -0.39 is 0 Å². The highest BCUT2D eigenvalue weighted by molar-refractivity contribution is 5.94. The quantitative estimate of drug-likeness (QED) is 0.825. The Labute approximate surface area is 147 Å². The Bertz CT molecular complexity index is 520. The van der Waals surface area contributed by atoms with Gasteiger partial charge in [0.05, 0.1) is 0 Å². The van der Waals surface area contributed by atoms with E-state index in [0.717, 1.165) is 36.9 Å². The fourth-order valence-corrected chi connectivity index (χ4v) is 3.70. The molecule has 0 aliphatic carbocycles. The second-order valence-electron chi connectivity index (χ2n) is 8.64. The molecule has 1 aromatic rings. The summed E-state index contributed by atoms with van der Waals surface area (Å²) in [6.45, 7) is 15.5. The van der Waals surface area contributed by atoms with E-state index in [9.17, 15) is 4.79 Å². The monoisotopic (exact) mass is 330 g/mol. The van der Waals surface area contributed by atoms with Crippen molar-refractivity contribution in [3.63, 3.8) is 0 Å². The molecular formula is C21H34N2O. The Morgan fingerprint density at radius 2 is 1.71 bits per heavy atom. The van der Waals surface area contributed by atoms with Crippen LogP contribution in [0.25, 0.3) is 0 Å². The van der Waals surface area contributed by atoms with Gasteiger partial charge >= 0.3 is 0 Å². The average Bonchev–Trinajstić information content (AvgIpc) is 2.50. The summed E-state index contributed by atoms with van der Waals surface area (Å²) >= 11 is 0. The van der Waals surface area contributed by atoms with Crippen LogP contribution >= 0.6 is 0 Å². The molecule has 0 bridgehead atoms. The first-order chi connectivity index (χ1) is 11.3. The predicted molar refractivity (Wildman–Crippen MR) is 101 cm³/mol. The van der Waals surface area contributed by atoms with Crippen LogP contribution in [0.1, 0.15) is 63.4 Å². The first kappa shape index (κ1) is 19.0. The third-order valence-corrected chi connectivity index (χ3v) is 4.89. The highest BCUT2D eigenvalue weighted by Gasteiger charge is 2.21. The number of hydrogen-bond acceptors (Lipinski definition) is 2. The maximum atomic E-state index is 12.2. The number of amides is 1. The Kier molecular flexibility index (Phi) is 6.45. The second-order valence-corrected chi connectivity index (χ2v) is 8.64. The molecule has 1 amide bonds. The van der Waals surface area contributed by atoms with Crippen LogP contribution < -0.4 is 5.32 Å². The molecule has 1 aromatic carbocycles. The zero-order chi connectivity index (χ0) is 17.7. The number of carbonyl (C=O) groups excluding carboxylic acids is 1. The molecule has 3 nitrogen and oxygen atoms in total. The summed E-state index contributed by atoms with van der Waals surface area (Å²) in [7, 11) is 0. The molecule has 24 heavy (non-hydrogen) atoms. The van der Waals surface area contributed by atoms with Crippen LogP contribution in [0.4, 0.5) is 0 Å². The largest absolute Gasteiger partial charge is 0.352 e. The smallest absolute Gasteiger partial charge is 0.251 e. The number of piperidine rings is 1. The van der Waals surface area contributed by atoms with Crippen molar-refractivity contribution in [1.29, 1.82) is 0 Å². The van der Waals surface area contributed by atoms with Crippen molar-refractivity contribution >= 4 is 5.91 Å². The van der Waals surface area contributed by atoms with E-state index in [4.69, 9.17) is 0 Å². The molecule has 1 aliphatic heterocycles. The number of rotatable bonds is 5. The van der Waals surface area contributed by atoms with Gasteiger partial charge in [0.15, 0.2) is 0 Å². The minimum absolute atomic E-state index is 0.0378. The normalized spacial score (nSPS) is 22.4. The summed E-state index contributed by atoms with van der Waals surface area (Å²) in [5.41, 5.74) is 2.13. The van der Waals surface area contributed by atoms with Crippen LogP contribution in [0, 0.1) is 11.8 Å². The Balaban J connectivity index is 1.73. The molecule has 1 heterocycles. The zero-order valence-electron chi connectivity index (χ0n) is 16.1. The molecule has 2 rings (SSSR count). The molecule has 2 atom stereocenters. The van der Waals surface area contributed by atoms with E-state index >= 15 is 0 Å². The van der Waals surface area contributed by atoms with E-state index in [1.807, 2.05) is 12.1 Å². The lowest BCUT2D eigenvalue weighted by atomic mass is 9.87.